The van der Waals surface area contributed by atoms with Crippen molar-refractivity contribution in [3.05, 3.63) is 40.4 Å². The fourth-order valence-electron chi connectivity index (χ4n) is 1.03. The Balaban J connectivity index is 2.48. The molecule has 0 amide bonds. The summed E-state index contributed by atoms with van der Waals surface area (Å²) in [5, 5.41) is 3.23. The van der Waals surface area contributed by atoms with E-state index in [2.05, 4.69) is 52.5 Å². The van der Waals surface area contributed by atoms with Gasteiger partial charge in [0.15, 0.2) is 0 Å². The second-order valence-electron chi connectivity index (χ2n) is 2.77. The molecular formula is C11H14BrN. The summed E-state index contributed by atoms with van der Waals surface area (Å²) in [5.74, 6) is 0. The summed E-state index contributed by atoms with van der Waals surface area (Å²) in [6.45, 7) is 4.05. The van der Waals surface area contributed by atoms with Crippen molar-refractivity contribution >= 4 is 22.0 Å². The van der Waals surface area contributed by atoms with E-state index in [4.69, 9.17) is 0 Å². The summed E-state index contributed by atoms with van der Waals surface area (Å²) in [6, 6.07) is 8.26. The standard InChI is InChI=1S/C11H14BrN/c1-2-13-8-4-6-10-5-3-7-11(12)9-10/h3-7,9,13H,2,8H2,1H3. The van der Waals surface area contributed by atoms with Crippen molar-refractivity contribution in [3.8, 4) is 0 Å². The molecule has 0 bridgehead atoms. The van der Waals surface area contributed by atoms with Gasteiger partial charge in [-0.2, -0.15) is 0 Å². The van der Waals surface area contributed by atoms with Crippen LogP contribution < -0.4 is 5.32 Å². The molecule has 1 aromatic carbocycles. The molecule has 0 spiro atoms. The van der Waals surface area contributed by atoms with Crippen LogP contribution in [0.2, 0.25) is 0 Å². The average Bonchev–Trinajstić information content (AvgIpc) is 2.13. The van der Waals surface area contributed by atoms with Gasteiger partial charge in [-0.1, -0.05) is 47.1 Å². The molecule has 70 valence electrons. The van der Waals surface area contributed by atoms with Crippen LogP contribution >= 0.6 is 15.9 Å². The Morgan fingerprint density at radius 1 is 1.46 bits per heavy atom. The molecule has 0 fully saturated rings. The Labute approximate surface area is 88.0 Å². The van der Waals surface area contributed by atoms with E-state index < -0.39 is 0 Å². The molecule has 13 heavy (non-hydrogen) atoms. The Morgan fingerprint density at radius 3 is 3.00 bits per heavy atom. The van der Waals surface area contributed by atoms with Crippen LogP contribution in [-0.4, -0.2) is 13.1 Å². The summed E-state index contributed by atoms with van der Waals surface area (Å²) in [6.07, 6.45) is 4.25. The minimum absolute atomic E-state index is 0.934. The van der Waals surface area contributed by atoms with Gasteiger partial charge < -0.3 is 5.32 Å². The Kier molecular flexibility index (Phi) is 4.79. The zero-order valence-electron chi connectivity index (χ0n) is 7.76. The van der Waals surface area contributed by atoms with Crippen LogP contribution in [0.4, 0.5) is 0 Å². The number of rotatable bonds is 4. The average molecular weight is 240 g/mol. The highest BCUT2D eigenvalue weighted by Crippen LogP contribution is 2.12. The van der Waals surface area contributed by atoms with Gasteiger partial charge >= 0.3 is 0 Å². The van der Waals surface area contributed by atoms with Gasteiger partial charge in [-0.25, -0.2) is 0 Å². The normalized spacial score (nSPS) is 10.9. The maximum atomic E-state index is 3.44. The number of hydrogen-bond donors (Lipinski definition) is 1. The van der Waals surface area contributed by atoms with E-state index in [0.29, 0.717) is 0 Å². The third-order valence-corrected chi connectivity index (χ3v) is 2.16. The van der Waals surface area contributed by atoms with Crippen molar-refractivity contribution < 1.29 is 0 Å². The first kappa shape index (κ1) is 10.5. The van der Waals surface area contributed by atoms with Crippen LogP contribution in [0.3, 0.4) is 0 Å². The van der Waals surface area contributed by atoms with Crippen molar-refractivity contribution in [2.45, 2.75) is 6.92 Å². The zero-order valence-corrected chi connectivity index (χ0v) is 9.34. The molecule has 0 saturated carbocycles. The van der Waals surface area contributed by atoms with Crippen LogP contribution in [0.15, 0.2) is 34.8 Å². The minimum atomic E-state index is 0.934. The summed E-state index contributed by atoms with van der Waals surface area (Å²) in [5.41, 5.74) is 1.23. The SMILES string of the molecule is CCNCC=Cc1cccc(Br)c1. The molecule has 1 nitrogen and oxygen atoms in total. The van der Waals surface area contributed by atoms with Crippen molar-refractivity contribution in [1.29, 1.82) is 0 Å². The van der Waals surface area contributed by atoms with Crippen LogP contribution in [-0.2, 0) is 0 Å². The van der Waals surface area contributed by atoms with Crippen LogP contribution in [0, 0.1) is 0 Å². The zero-order chi connectivity index (χ0) is 9.52. The van der Waals surface area contributed by atoms with Gasteiger partial charge in [0.25, 0.3) is 0 Å². The highest BCUT2D eigenvalue weighted by Gasteiger charge is 1.87. The molecule has 0 saturated heterocycles. The maximum Gasteiger partial charge on any atom is 0.0181 e. The Morgan fingerprint density at radius 2 is 2.31 bits per heavy atom. The molecule has 1 rings (SSSR count). The minimum Gasteiger partial charge on any atom is -0.314 e. The second kappa shape index (κ2) is 5.95. The first-order valence-electron chi connectivity index (χ1n) is 4.45. The van der Waals surface area contributed by atoms with E-state index in [1.54, 1.807) is 0 Å². The van der Waals surface area contributed by atoms with Gasteiger partial charge in [0.05, 0.1) is 0 Å². The Bertz CT molecular complexity index is 281. The Hall–Kier alpha value is -0.600. The predicted molar refractivity (Wildman–Crippen MR) is 61.7 cm³/mol. The lowest BCUT2D eigenvalue weighted by Crippen LogP contribution is -2.11. The quantitative estimate of drug-likeness (QED) is 0.797. The molecule has 0 aliphatic carbocycles. The second-order valence-corrected chi connectivity index (χ2v) is 3.68. The van der Waals surface area contributed by atoms with E-state index in [1.807, 2.05) is 12.1 Å². The number of benzene rings is 1. The third kappa shape index (κ3) is 4.25. The van der Waals surface area contributed by atoms with Gasteiger partial charge in [-0.3, -0.25) is 0 Å². The smallest absolute Gasteiger partial charge is 0.0181 e. The highest BCUT2D eigenvalue weighted by molar-refractivity contribution is 9.10. The van der Waals surface area contributed by atoms with E-state index >= 15 is 0 Å². The number of halogens is 1. The number of likely N-dealkylation sites (N-methyl/N-ethyl adjacent to an activating group) is 1. The molecule has 0 radical (unpaired) electrons. The van der Waals surface area contributed by atoms with Crippen LogP contribution in [0.5, 0.6) is 0 Å². The van der Waals surface area contributed by atoms with E-state index in [0.717, 1.165) is 17.6 Å². The van der Waals surface area contributed by atoms with Crippen LogP contribution in [0.1, 0.15) is 12.5 Å². The van der Waals surface area contributed by atoms with Crippen molar-refractivity contribution in [1.82, 2.24) is 5.32 Å². The monoisotopic (exact) mass is 239 g/mol. The number of nitrogens with one attached hydrogen (secondary N) is 1. The lowest BCUT2D eigenvalue weighted by atomic mass is 10.2. The summed E-state index contributed by atoms with van der Waals surface area (Å²) in [4.78, 5) is 0. The van der Waals surface area contributed by atoms with Gasteiger partial charge in [-0.05, 0) is 24.2 Å². The van der Waals surface area contributed by atoms with Crippen LogP contribution in [0.25, 0.3) is 6.08 Å². The molecule has 0 heterocycles. The first-order valence-corrected chi connectivity index (χ1v) is 5.25. The largest absolute Gasteiger partial charge is 0.314 e. The van der Waals surface area contributed by atoms with Crippen molar-refractivity contribution in [3.63, 3.8) is 0 Å². The van der Waals surface area contributed by atoms with E-state index in [9.17, 15) is 0 Å². The maximum absolute atomic E-state index is 3.44. The number of hydrogen-bond acceptors (Lipinski definition) is 1. The molecule has 2 heteroatoms. The predicted octanol–water partition coefficient (Wildman–Crippen LogP) is 3.07. The fourth-order valence-corrected chi connectivity index (χ4v) is 1.45. The molecular weight excluding hydrogens is 226 g/mol. The topological polar surface area (TPSA) is 12.0 Å². The lowest BCUT2D eigenvalue weighted by Gasteiger charge is -1.95. The first-order chi connectivity index (χ1) is 6.33. The summed E-state index contributed by atoms with van der Waals surface area (Å²) < 4.78 is 1.12. The van der Waals surface area contributed by atoms with Gasteiger partial charge in [0.1, 0.15) is 0 Å². The summed E-state index contributed by atoms with van der Waals surface area (Å²) >= 11 is 3.44. The molecule has 1 aromatic rings. The van der Waals surface area contributed by atoms with Gasteiger partial charge in [0, 0.05) is 11.0 Å². The molecule has 0 aliphatic heterocycles. The van der Waals surface area contributed by atoms with Gasteiger partial charge in [-0.15, -0.1) is 0 Å². The van der Waals surface area contributed by atoms with E-state index in [1.165, 1.54) is 5.56 Å². The fraction of sp³-hybridized carbons (Fsp3) is 0.273. The summed E-state index contributed by atoms with van der Waals surface area (Å²) in [7, 11) is 0. The van der Waals surface area contributed by atoms with Crippen molar-refractivity contribution in [2.75, 3.05) is 13.1 Å². The highest BCUT2D eigenvalue weighted by atomic mass is 79.9. The van der Waals surface area contributed by atoms with Crippen molar-refractivity contribution in [2.24, 2.45) is 0 Å². The van der Waals surface area contributed by atoms with Gasteiger partial charge in [0.2, 0.25) is 0 Å². The molecule has 0 unspecified atom stereocenters. The lowest BCUT2D eigenvalue weighted by molar-refractivity contribution is 0.801. The molecule has 0 atom stereocenters. The molecule has 0 aromatic heterocycles. The molecule has 1 N–H and O–H groups in total. The molecule has 0 aliphatic rings. The van der Waals surface area contributed by atoms with E-state index in [-0.39, 0.29) is 0 Å². The third-order valence-electron chi connectivity index (χ3n) is 1.67.